The van der Waals surface area contributed by atoms with Crippen molar-refractivity contribution in [2.24, 2.45) is 0 Å². The predicted molar refractivity (Wildman–Crippen MR) is 63.6 cm³/mol. The van der Waals surface area contributed by atoms with E-state index in [2.05, 4.69) is 43.6 Å². The Bertz CT molecular complexity index is 268. The smallest absolute Gasteiger partial charge is 0.0654 e. The molecule has 1 aromatic rings. The van der Waals surface area contributed by atoms with Gasteiger partial charge in [0, 0.05) is 0 Å². The Morgan fingerprint density at radius 3 is 2.40 bits per heavy atom. The molecule has 0 saturated carbocycles. The average Bonchev–Trinajstić information content (AvgIpc) is 2.27. The molecule has 0 spiro atoms. The normalized spacial score (nSPS) is 12.7. The molecule has 0 radical (unpaired) electrons. The van der Waals surface area contributed by atoms with Crippen LogP contribution in [0.1, 0.15) is 44.4 Å². The zero-order valence-corrected chi connectivity index (χ0v) is 9.92. The molecule has 1 aromatic carbocycles. The first-order valence-electron chi connectivity index (χ1n) is 5.74. The summed E-state index contributed by atoms with van der Waals surface area (Å²) >= 11 is 0. The SMILES string of the molecule is CCCc1ccc(C(C)NOCC)cc1. The summed E-state index contributed by atoms with van der Waals surface area (Å²) in [6.07, 6.45) is 2.36. The van der Waals surface area contributed by atoms with Crippen LogP contribution in [0.15, 0.2) is 24.3 Å². The second-order valence-corrected chi connectivity index (χ2v) is 3.76. The van der Waals surface area contributed by atoms with Gasteiger partial charge in [-0.05, 0) is 31.4 Å². The largest absolute Gasteiger partial charge is 0.302 e. The van der Waals surface area contributed by atoms with Gasteiger partial charge in [0.2, 0.25) is 0 Å². The molecule has 0 fully saturated rings. The van der Waals surface area contributed by atoms with Crippen molar-refractivity contribution >= 4 is 0 Å². The summed E-state index contributed by atoms with van der Waals surface area (Å²) in [5, 5.41) is 0. The van der Waals surface area contributed by atoms with Crippen LogP contribution in [0.3, 0.4) is 0 Å². The number of hydroxylamine groups is 1. The predicted octanol–water partition coefficient (Wildman–Crippen LogP) is 3.24. The summed E-state index contributed by atoms with van der Waals surface area (Å²) in [7, 11) is 0. The van der Waals surface area contributed by atoms with Gasteiger partial charge in [0.1, 0.15) is 0 Å². The summed E-state index contributed by atoms with van der Waals surface area (Å²) in [6, 6.07) is 8.98. The molecular formula is C13H21NO. The van der Waals surface area contributed by atoms with Crippen LogP contribution in [-0.2, 0) is 11.3 Å². The summed E-state index contributed by atoms with van der Waals surface area (Å²) in [6.45, 7) is 6.97. The van der Waals surface area contributed by atoms with Crippen molar-refractivity contribution in [1.29, 1.82) is 0 Å². The number of aryl methyl sites for hydroxylation is 1. The molecule has 1 atom stereocenters. The summed E-state index contributed by atoms with van der Waals surface area (Å²) < 4.78 is 0. The maximum Gasteiger partial charge on any atom is 0.0654 e. The van der Waals surface area contributed by atoms with E-state index in [4.69, 9.17) is 4.84 Å². The van der Waals surface area contributed by atoms with Gasteiger partial charge in [0.25, 0.3) is 0 Å². The van der Waals surface area contributed by atoms with Crippen molar-refractivity contribution in [3.05, 3.63) is 35.4 Å². The van der Waals surface area contributed by atoms with Crippen LogP contribution in [-0.4, -0.2) is 6.61 Å². The Hall–Kier alpha value is -0.860. The van der Waals surface area contributed by atoms with Gasteiger partial charge in [-0.25, -0.2) is 0 Å². The number of nitrogens with one attached hydrogen (secondary N) is 1. The minimum absolute atomic E-state index is 0.251. The highest BCUT2D eigenvalue weighted by Gasteiger charge is 2.03. The molecule has 0 saturated heterocycles. The minimum Gasteiger partial charge on any atom is -0.302 e. The van der Waals surface area contributed by atoms with Gasteiger partial charge in [-0.1, -0.05) is 37.6 Å². The molecule has 2 nitrogen and oxygen atoms in total. The molecule has 1 rings (SSSR count). The number of hydrogen-bond acceptors (Lipinski definition) is 2. The van der Waals surface area contributed by atoms with Crippen molar-refractivity contribution in [3.8, 4) is 0 Å². The molecule has 84 valence electrons. The van der Waals surface area contributed by atoms with Gasteiger partial charge in [-0.3, -0.25) is 0 Å². The van der Waals surface area contributed by atoms with Gasteiger partial charge in [-0.15, -0.1) is 0 Å². The molecule has 15 heavy (non-hydrogen) atoms. The standard InChI is InChI=1S/C13H21NO/c1-4-6-12-7-9-13(10-8-12)11(3)14-15-5-2/h7-11,14H,4-6H2,1-3H3. The fourth-order valence-corrected chi connectivity index (χ4v) is 1.54. The second-order valence-electron chi connectivity index (χ2n) is 3.76. The van der Waals surface area contributed by atoms with Crippen LogP contribution in [0, 0.1) is 0 Å². The fraction of sp³-hybridized carbons (Fsp3) is 0.538. The molecule has 0 aliphatic heterocycles. The van der Waals surface area contributed by atoms with Gasteiger partial charge in [-0.2, -0.15) is 5.48 Å². The van der Waals surface area contributed by atoms with Crippen molar-refractivity contribution in [3.63, 3.8) is 0 Å². The zero-order chi connectivity index (χ0) is 11.1. The molecule has 0 aliphatic carbocycles. The molecule has 0 aliphatic rings. The van der Waals surface area contributed by atoms with E-state index in [9.17, 15) is 0 Å². The summed E-state index contributed by atoms with van der Waals surface area (Å²) in [5.41, 5.74) is 5.67. The van der Waals surface area contributed by atoms with Crippen molar-refractivity contribution in [2.75, 3.05) is 6.61 Å². The lowest BCUT2D eigenvalue weighted by Gasteiger charge is -2.13. The zero-order valence-electron chi connectivity index (χ0n) is 9.92. The molecule has 0 heterocycles. The lowest BCUT2D eigenvalue weighted by atomic mass is 10.0. The van der Waals surface area contributed by atoms with Crippen LogP contribution in [0.2, 0.25) is 0 Å². The molecule has 0 aromatic heterocycles. The maximum absolute atomic E-state index is 5.18. The van der Waals surface area contributed by atoms with E-state index in [1.807, 2.05) is 6.92 Å². The topological polar surface area (TPSA) is 21.3 Å². The fourth-order valence-electron chi connectivity index (χ4n) is 1.54. The molecular weight excluding hydrogens is 186 g/mol. The maximum atomic E-state index is 5.18. The van der Waals surface area contributed by atoms with Crippen LogP contribution >= 0.6 is 0 Å². The molecule has 0 bridgehead atoms. The summed E-state index contributed by atoms with van der Waals surface area (Å²) in [5.74, 6) is 0. The van der Waals surface area contributed by atoms with Crippen molar-refractivity contribution in [1.82, 2.24) is 5.48 Å². The molecule has 2 heteroatoms. The van der Waals surface area contributed by atoms with Crippen molar-refractivity contribution < 1.29 is 4.84 Å². The van der Waals surface area contributed by atoms with E-state index in [-0.39, 0.29) is 6.04 Å². The van der Waals surface area contributed by atoms with Crippen molar-refractivity contribution in [2.45, 2.75) is 39.7 Å². The number of benzene rings is 1. The highest BCUT2D eigenvalue weighted by molar-refractivity contribution is 5.24. The molecule has 1 N–H and O–H groups in total. The lowest BCUT2D eigenvalue weighted by molar-refractivity contribution is 0.0285. The Kier molecular flexibility index (Phi) is 5.37. The van der Waals surface area contributed by atoms with Gasteiger partial charge >= 0.3 is 0 Å². The monoisotopic (exact) mass is 207 g/mol. The van der Waals surface area contributed by atoms with Crippen LogP contribution in [0.4, 0.5) is 0 Å². The van der Waals surface area contributed by atoms with E-state index in [0.29, 0.717) is 6.61 Å². The van der Waals surface area contributed by atoms with Gasteiger partial charge < -0.3 is 4.84 Å². The third-order valence-electron chi connectivity index (χ3n) is 2.42. The van der Waals surface area contributed by atoms with E-state index in [0.717, 1.165) is 6.42 Å². The van der Waals surface area contributed by atoms with E-state index < -0.39 is 0 Å². The first-order valence-corrected chi connectivity index (χ1v) is 5.74. The van der Waals surface area contributed by atoms with E-state index >= 15 is 0 Å². The summed E-state index contributed by atoms with van der Waals surface area (Å²) in [4.78, 5) is 5.18. The van der Waals surface area contributed by atoms with Crippen LogP contribution < -0.4 is 5.48 Å². The Morgan fingerprint density at radius 1 is 1.20 bits per heavy atom. The van der Waals surface area contributed by atoms with Crippen LogP contribution in [0.25, 0.3) is 0 Å². The lowest BCUT2D eigenvalue weighted by Crippen LogP contribution is -2.18. The third-order valence-corrected chi connectivity index (χ3v) is 2.42. The average molecular weight is 207 g/mol. The van der Waals surface area contributed by atoms with Gasteiger partial charge in [0.15, 0.2) is 0 Å². The number of hydrogen-bond donors (Lipinski definition) is 1. The minimum atomic E-state index is 0.251. The Morgan fingerprint density at radius 2 is 1.87 bits per heavy atom. The highest BCUT2D eigenvalue weighted by Crippen LogP contribution is 2.14. The molecule has 0 amide bonds. The highest BCUT2D eigenvalue weighted by atomic mass is 16.6. The van der Waals surface area contributed by atoms with Crippen LogP contribution in [0.5, 0.6) is 0 Å². The van der Waals surface area contributed by atoms with E-state index in [1.165, 1.54) is 17.5 Å². The third kappa shape index (κ3) is 4.02. The Balaban J connectivity index is 2.54. The first-order chi connectivity index (χ1) is 7.27. The Labute approximate surface area is 92.6 Å². The quantitative estimate of drug-likeness (QED) is 0.723. The van der Waals surface area contributed by atoms with Gasteiger partial charge in [0.05, 0.1) is 12.6 Å². The molecule has 1 unspecified atom stereocenters. The first kappa shape index (κ1) is 12.2. The second kappa shape index (κ2) is 6.59. The van der Waals surface area contributed by atoms with E-state index in [1.54, 1.807) is 0 Å². The number of rotatable bonds is 6.